The summed E-state index contributed by atoms with van der Waals surface area (Å²) in [5, 5.41) is 22.0. The van der Waals surface area contributed by atoms with Crippen molar-refractivity contribution < 1.29 is 24.5 Å². The van der Waals surface area contributed by atoms with Gasteiger partial charge in [-0.15, -0.1) is 11.3 Å². The Labute approximate surface area is 174 Å². The van der Waals surface area contributed by atoms with Gasteiger partial charge in [-0.3, -0.25) is 0 Å². The maximum absolute atomic E-state index is 11.1. The molecule has 0 radical (unpaired) electrons. The molecule has 0 spiro atoms. The highest BCUT2D eigenvalue weighted by Crippen LogP contribution is 2.46. The van der Waals surface area contributed by atoms with Crippen LogP contribution in [0.25, 0.3) is 0 Å². The standard InChI is InChI=1S/C22H27NO5S/c1-3-13-4-5-14(8-12(13)2)27-10-16-15-6-7-19(28-20(15)9-18(16)24)21-23-17(11-29-21)22(25)26/h4-5,8,11,15-16,18-20,24H,3,6-7,9-10H2,1-2H3,(H,25,26)/t15-,16-,18-,19-,20+/m1/s1. The van der Waals surface area contributed by atoms with Crippen LogP contribution in [0, 0.1) is 18.8 Å². The molecule has 2 aromatic rings. The fourth-order valence-electron chi connectivity index (χ4n) is 4.63. The van der Waals surface area contributed by atoms with E-state index in [1.165, 1.54) is 22.5 Å². The van der Waals surface area contributed by atoms with Gasteiger partial charge in [0.25, 0.3) is 0 Å². The van der Waals surface area contributed by atoms with Crippen LogP contribution < -0.4 is 4.74 Å². The van der Waals surface area contributed by atoms with Gasteiger partial charge >= 0.3 is 5.97 Å². The average molecular weight is 418 g/mol. The van der Waals surface area contributed by atoms with Gasteiger partial charge in [0, 0.05) is 17.7 Å². The van der Waals surface area contributed by atoms with Crippen molar-refractivity contribution in [2.75, 3.05) is 6.61 Å². The number of benzene rings is 1. The molecule has 0 bridgehead atoms. The van der Waals surface area contributed by atoms with Crippen molar-refractivity contribution >= 4 is 17.3 Å². The Hall–Kier alpha value is -1.96. The summed E-state index contributed by atoms with van der Waals surface area (Å²) >= 11 is 1.33. The maximum Gasteiger partial charge on any atom is 0.355 e. The van der Waals surface area contributed by atoms with Crippen molar-refractivity contribution in [3.8, 4) is 5.75 Å². The molecule has 1 saturated heterocycles. The van der Waals surface area contributed by atoms with Crippen LogP contribution in [0.3, 0.4) is 0 Å². The highest BCUT2D eigenvalue weighted by molar-refractivity contribution is 7.09. The second-order valence-electron chi connectivity index (χ2n) is 8.00. The van der Waals surface area contributed by atoms with E-state index in [1.807, 2.05) is 6.07 Å². The van der Waals surface area contributed by atoms with Gasteiger partial charge in [0.1, 0.15) is 16.9 Å². The van der Waals surface area contributed by atoms with Crippen LogP contribution in [0.4, 0.5) is 0 Å². The summed E-state index contributed by atoms with van der Waals surface area (Å²) in [7, 11) is 0. The molecule has 0 unspecified atom stereocenters. The van der Waals surface area contributed by atoms with Gasteiger partial charge in [-0.2, -0.15) is 0 Å². The summed E-state index contributed by atoms with van der Waals surface area (Å²) in [5.74, 6) is 0.111. The molecule has 1 aromatic carbocycles. The van der Waals surface area contributed by atoms with Crippen molar-refractivity contribution in [1.29, 1.82) is 0 Å². The Morgan fingerprint density at radius 2 is 2.21 bits per heavy atom. The minimum atomic E-state index is -1.02. The first-order chi connectivity index (χ1) is 14.0. The second-order valence-corrected chi connectivity index (χ2v) is 8.89. The summed E-state index contributed by atoms with van der Waals surface area (Å²) in [4.78, 5) is 15.3. The second kappa shape index (κ2) is 8.42. The van der Waals surface area contributed by atoms with E-state index in [4.69, 9.17) is 14.6 Å². The van der Waals surface area contributed by atoms with Crippen molar-refractivity contribution in [3.05, 3.63) is 45.4 Å². The van der Waals surface area contributed by atoms with E-state index >= 15 is 0 Å². The first-order valence-electron chi connectivity index (χ1n) is 10.2. The van der Waals surface area contributed by atoms with Crippen molar-refractivity contribution in [2.24, 2.45) is 11.8 Å². The van der Waals surface area contributed by atoms with Crippen LogP contribution in [0.15, 0.2) is 23.6 Å². The number of thiazole rings is 1. The van der Waals surface area contributed by atoms with Gasteiger partial charge in [0.15, 0.2) is 5.69 Å². The summed E-state index contributed by atoms with van der Waals surface area (Å²) in [6.45, 7) is 4.71. The number of carboxylic acid groups (broad SMARTS) is 1. The summed E-state index contributed by atoms with van der Waals surface area (Å²) in [6, 6.07) is 6.17. The number of ether oxygens (including phenoxy) is 2. The number of aliphatic hydroxyl groups excluding tert-OH is 1. The number of carbonyl (C=O) groups is 1. The van der Waals surface area contributed by atoms with Gasteiger partial charge in [0.05, 0.1) is 18.8 Å². The molecule has 1 aliphatic heterocycles. The van der Waals surface area contributed by atoms with Crippen LogP contribution in [-0.4, -0.2) is 40.0 Å². The van der Waals surface area contributed by atoms with Crippen LogP contribution in [0.1, 0.15) is 58.9 Å². The molecule has 156 valence electrons. The van der Waals surface area contributed by atoms with Crippen molar-refractivity contribution in [1.82, 2.24) is 4.98 Å². The number of aromatic carboxylic acids is 1. The van der Waals surface area contributed by atoms with Crippen LogP contribution in [0.2, 0.25) is 0 Å². The van der Waals surface area contributed by atoms with E-state index in [2.05, 4.69) is 31.0 Å². The number of rotatable bonds is 6. The monoisotopic (exact) mass is 417 g/mol. The number of carboxylic acids is 1. The lowest BCUT2D eigenvalue weighted by atomic mass is 9.87. The van der Waals surface area contributed by atoms with Gasteiger partial charge in [-0.05, 0) is 55.4 Å². The van der Waals surface area contributed by atoms with Crippen LogP contribution >= 0.6 is 11.3 Å². The van der Waals surface area contributed by atoms with E-state index < -0.39 is 12.1 Å². The van der Waals surface area contributed by atoms with Gasteiger partial charge in [0.2, 0.25) is 0 Å². The SMILES string of the molecule is CCc1ccc(OC[C@@H]2[C@H]3CC[C@H](c4nc(C(=O)O)cs4)O[C@H]3C[C@H]2O)cc1C. The summed E-state index contributed by atoms with van der Waals surface area (Å²) < 4.78 is 12.3. The first-order valence-corrected chi connectivity index (χ1v) is 11.1. The highest BCUT2D eigenvalue weighted by atomic mass is 32.1. The van der Waals surface area contributed by atoms with E-state index in [0.717, 1.165) is 25.0 Å². The van der Waals surface area contributed by atoms with E-state index in [-0.39, 0.29) is 29.7 Å². The molecular formula is C22H27NO5S. The normalized spacial score (nSPS) is 28.9. The molecule has 4 rings (SSSR count). The largest absolute Gasteiger partial charge is 0.493 e. The van der Waals surface area contributed by atoms with Crippen molar-refractivity contribution in [3.63, 3.8) is 0 Å². The van der Waals surface area contributed by atoms with E-state index in [0.29, 0.717) is 18.0 Å². The fraction of sp³-hybridized carbons (Fsp3) is 0.545. The molecule has 2 aliphatic rings. The van der Waals surface area contributed by atoms with Crippen LogP contribution in [0.5, 0.6) is 5.75 Å². The number of fused-ring (bicyclic) bond motifs is 1. The zero-order chi connectivity index (χ0) is 20.5. The molecule has 6 nitrogen and oxygen atoms in total. The van der Waals surface area contributed by atoms with E-state index in [9.17, 15) is 9.90 Å². The summed E-state index contributed by atoms with van der Waals surface area (Å²) in [5.41, 5.74) is 2.61. The first kappa shape index (κ1) is 20.3. The Kier molecular flexibility index (Phi) is 5.90. The number of aromatic nitrogens is 1. The lowest BCUT2D eigenvalue weighted by Crippen LogP contribution is -2.33. The van der Waals surface area contributed by atoms with Gasteiger partial charge < -0.3 is 19.7 Å². The quantitative estimate of drug-likeness (QED) is 0.738. The Morgan fingerprint density at radius 3 is 2.90 bits per heavy atom. The topological polar surface area (TPSA) is 88.9 Å². The molecular weight excluding hydrogens is 390 g/mol. The third kappa shape index (κ3) is 4.17. The Balaban J connectivity index is 1.38. The smallest absolute Gasteiger partial charge is 0.355 e. The minimum Gasteiger partial charge on any atom is -0.493 e. The lowest BCUT2D eigenvalue weighted by molar-refractivity contribution is -0.0811. The maximum atomic E-state index is 11.1. The van der Waals surface area contributed by atoms with E-state index in [1.54, 1.807) is 5.38 Å². The predicted octanol–water partition coefficient (Wildman–Crippen LogP) is 4.01. The van der Waals surface area contributed by atoms with Crippen LogP contribution in [-0.2, 0) is 11.2 Å². The number of nitrogens with zero attached hydrogens (tertiary/aromatic N) is 1. The molecule has 2 fully saturated rings. The number of hydrogen-bond acceptors (Lipinski definition) is 6. The number of aryl methyl sites for hydroxylation is 2. The fourth-order valence-corrected chi connectivity index (χ4v) is 5.49. The average Bonchev–Trinajstić information content (AvgIpc) is 3.30. The molecule has 0 amide bonds. The molecule has 1 saturated carbocycles. The Bertz CT molecular complexity index is 882. The predicted molar refractivity (Wildman–Crippen MR) is 110 cm³/mol. The highest BCUT2D eigenvalue weighted by Gasteiger charge is 2.47. The minimum absolute atomic E-state index is 0.0398. The zero-order valence-corrected chi connectivity index (χ0v) is 17.5. The van der Waals surface area contributed by atoms with Crippen molar-refractivity contribution in [2.45, 2.75) is 57.8 Å². The van der Waals surface area contributed by atoms with Gasteiger partial charge in [-0.25, -0.2) is 9.78 Å². The molecule has 7 heteroatoms. The van der Waals surface area contributed by atoms with Gasteiger partial charge in [-0.1, -0.05) is 13.0 Å². The zero-order valence-electron chi connectivity index (χ0n) is 16.7. The molecule has 1 aliphatic carbocycles. The summed E-state index contributed by atoms with van der Waals surface area (Å²) in [6.07, 6.45) is 2.59. The third-order valence-electron chi connectivity index (χ3n) is 6.25. The third-order valence-corrected chi connectivity index (χ3v) is 7.19. The number of hydrogen-bond donors (Lipinski definition) is 2. The molecule has 2 heterocycles. The molecule has 2 N–H and O–H groups in total. The number of aliphatic hydroxyl groups is 1. The molecule has 1 aromatic heterocycles. The Morgan fingerprint density at radius 1 is 1.38 bits per heavy atom. The molecule has 29 heavy (non-hydrogen) atoms. The molecule has 5 atom stereocenters. The lowest BCUT2D eigenvalue weighted by Gasteiger charge is -2.33.